The Labute approximate surface area is 147 Å². The molecule has 0 saturated carbocycles. The molecule has 0 radical (unpaired) electrons. The quantitative estimate of drug-likeness (QED) is 0.861. The highest BCUT2D eigenvalue weighted by Crippen LogP contribution is 2.32. The molecule has 0 aromatic heterocycles. The molecule has 0 spiro atoms. The summed E-state index contributed by atoms with van der Waals surface area (Å²) in [5.41, 5.74) is 0.622. The Morgan fingerprint density at radius 3 is 2.85 bits per heavy atom. The minimum absolute atomic E-state index is 0.00429. The summed E-state index contributed by atoms with van der Waals surface area (Å²) in [7, 11) is 0. The molecular formula is C18H14FN3O4. The number of rotatable bonds is 2. The van der Waals surface area contributed by atoms with Crippen LogP contribution in [0.4, 0.5) is 4.39 Å². The fourth-order valence-electron chi connectivity index (χ4n) is 2.80. The molecule has 1 atom stereocenters. The van der Waals surface area contributed by atoms with E-state index < -0.39 is 17.8 Å². The molecule has 2 amide bonds. The van der Waals surface area contributed by atoms with E-state index in [1.165, 1.54) is 12.1 Å². The number of hydrogen-bond donors (Lipinski definition) is 2. The zero-order valence-electron chi connectivity index (χ0n) is 13.5. The van der Waals surface area contributed by atoms with E-state index in [0.717, 1.165) is 0 Å². The van der Waals surface area contributed by atoms with Crippen molar-refractivity contribution >= 4 is 17.8 Å². The van der Waals surface area contributed by atoms with Gasteiger partial charge in [0.2, 0.25) is 18.7 Å². The minimum atomic E-state index is -0.697. The lowest BCUT2D eigenvalue weighted by Gasteiger charge is -2.21. The van der Waals surface area contributed by atoms with Crippen LogP contribution in [0.3, 0.4) is 0 Å². The largest absolute Gasteiger partial charge is 0.454 e. The van der Waals surface area contributed by atoms with E-state index in [9.17, 15) is 14.0 Å². The Balaban J connectivity index is 1.55. The van der Waals surface area contributed by atoms with E-state index in [1.807, 2.05) is 0 Å². The lowest BCUT2D eigenvalue weighted by atomic mass is 10.0. The van der Waals surface area contributed by atoms with Crippen LogP contribution in [0.5, 0.6) is 11.5 Å². The summed E-state index contributed by atoms with van der Waals surface area (Å²) >= 11 is 0. The molecule has 26 heavy (non-hydrogen) atoms. The van der Waals surface area contributed by atoms with Gasteiger partial charge < -0.3 is 9.47 Å². The van der Waals surface area contributed by atoms with Crippen molar-refractivity contribution in [3.8, 4) is 11.5 Å². The van der Waals surface area contributed by atoms with Gasteiger partial charge in [0.25, 0.3) is 5.91 Å². The minimum Gasteiger partial charge on any atom is -0.454 e. The zero-order valence-corrected chi connectivity index (χ0v) is 13.5. The van der Waals surface area contributed by atoms with Crippen molar-refractivity contribution in [2.75, 3.05) is 6.79 Å². The van der Waals surface area contributed by atoms with Crippen LogP contribution in [0, 0.1) is 5.82 Å². The van der Waals surface area contributed by atoms with Crippen molar-refractivity contribution in [3.63, 3.8) is 0 Å². The van der Waals surface area contributed by atoms with Crippen LogP contribution in [0.15, 0.2) is 47.5 Å². The predicted octanol–water partition coefficient (Wildman–Crippen LogP) is 1.90. The number of aliphatic imine (C=N–C) groups is 1. The van der Waals surface area contributed by atoms with E-state index in [-0.39, 0.29) is 25.1 Å². The summed E-state index contributed by atoms with van der Waals surface area (Å²) in [5.74, 6) is -0.263. The molecule has 7 nitrogen and oxygen atoms in total. The molecule has 8 heteroatoms. The Morgan fingerprint density at radius 1 is 1.19 bits per heavy atom. The second-order valence-corrected chi connectivity index (χ2v) is 5.79. The molecular weight excluding hydrogens is 341 g/mol. The summed E-state index contributed by atoms with van der Waals surface area (Å²) in [5, 5.41) is 5.03. The maximum atomic E-state index is 14.0. The van der Waals surface area contributed by atoms with Crippen molar-refractivity contribution < 1.29 is 23.5 Å². The first kappa shape index (κ1) is 16.1. The fraction of sp³-hybridized carbons (Fsp3) is 0.167. The third kappa shape index (κ3) is 3.08. The maximum Gasteiger partial charge on any atom is 0.258 e. The topological polar surface area (TPSA) is 89.0 Å². The van der Waals surface area contributed by atoms with Crippen LogP contribution < -0.4 is 20.1 Å². The first-order valence-electron chi connectivity index (χ1n) is 7.93. The third-order valence-corrected chi connectivity index (χ3v) is 4.05. The number of nitrogens with zero attached hydrogens (tertiary/aromatic N) is 1. The van der Waals surface area contributed by atoms with Gasteiger partial charge in [-0.2, -0.15) is 0 Å². The van der Waals surface area contributed by atoms with Crippen LogP contribution in [-0.4, -0.2) is 24.6 Å². The molecule has 2 aromatic carbocycles. The number of hydrogen-bond acceptors (Lipinski definition) is 5. The monoisotopic (exact) mass is 355 g/mol. The lowest BCUT2D eigenvalue weighted by molar-refractivity contribution is -0.120. The average molecular weight is 355 g/mol. The number of guanidine groups is 1. The molecule has 0 bridgehead atoms. The number of carbonyl (C=O) groups is 2. The van der Waals surface area contributed by atoms with E-state index in [0.29, 0.717) is 22.6 Å². The molecule has 2 N–H and O–H groups in total. The van der Waals surface area contributed by atoms with Crippen LogP contribution >= 0.6 is 0 Å². The molecule has 4 rings (SSSR count). The van der Waals surface area contributed by atoms with Gasteiger partial charge in [-0.3, -0.25) is 20.2 Å². The van der Waals surface area contributed by atoms with Gasteiger partial charge in [0, 0.05) is 11.1 Å². The SMILES string of the molecule is O=C1CC(c2ccccc2F)N=C(NC(=O)c2ccc3c(c2)OCO3)N1. The van der Waals surface area contributed by atoms with E-state index in [2.05, 4.69) is 15.6 Å². The summed E-state index contributed by atoms with van der Waals surface area (Å²) in [6.45, 7) is 0.105. The zero-order chi connectivity index (χ0) is 18.1. The standard InChI is InChI=1S/C18H14FN3O4/c19-12-4-2-1-3-11(12)13-8-16(23)21-18(20-13)22-17(24)10-5-6-14-15(7-10)26-9-25-14/h1-7,13H,8-9H2,(H2,20,21,22,23,24). The second kappa shape index (κ2) is 6.47. The van der Waals surface area contributed by atoms with Crippen molar-refractivity contribution in [2.45, 2.75) is 12.5 Å². The van der Waals surface area contributed by atoms with Gasteiger partial charge in [-0.1, -0.05) is 18.2 Å². The Hall–Kier alpha value is -3.42. The molecule has 2 aromatic rings. The van der Waals surface area contributed by atoms with Crippen molar-refractivity contribution in [1.82, 2.24) is 10.6 Å². The van der Waals surface area contributed by atoms with Crippen LogP contribution in [0.25, 0.3) is 0 Å². The lowest BCUT2D eigenvalue weighted by Crippen LogP contribution is -2.47. The van der Waals surface area contributed by atoms with Crippen LogP contribution in [0.1, 0.15) is 28.4 Å². The predicted molar refractivity (Wildman–Crippen MR) is 89.4 cm³/mol. The third-order valence-electron chi connectivity index (χ3n) is 4.05. The molecule has 0 fully saturated rings. The molecule has 2 aliphatic heterocycles. The van der Waals surface area contributed by atoms with Gasteiger partial charge in [0.15, 0.2) is 11.5 Å². The Bertz CT molecular complexity index is 928. The average Bonchev–Trinajstić information content (AvgIpc) is 3.09. The number of benzene rings is 2. The number of carbonyl (C=O) groups excluding carboxylic acids is 2. The molecule has 2 aliphatic rings. The number of ether oxygens (including phenoxy) is 2. The normalized spacial score (nSPS) is 18.1. The van der Waals surface area contributed by atoms with Gasteiger partial charge in [-0.15, -0.1) is 0 Å². The molecule has 0 aliphatic carbocycles. The smallest absolute Gasteiger partial charge is 0.258 e. The fourth-order valence-corrected chi connectivity index (χ4v) is 2.80. The molecule has 2 heterocycles. The van der Waals surface area contributed by atoms with Gasteiger partial charge in [0.1, 0.15) is 5.82 Å². The summed E-state index contributed by atoms with van der Waals surface area (Å²) in [4.78, 5) is 28.6. The summed E-state index contributed by atoms with van der Waals surface area (Å²) < 4.78 is 24.4. The van der Waals surface area contributed by atoms with Crippen LogP contribution in [-0.2, 0) is 4.79 Å². The van der Waals surface area contributed by atoms with Gasteiger partial charge >= 0.3 is 0 Å². The van der Waals surface area contributed by atoms with Gasteiger partial charge in [0.05, 0.1) is 12.5 Å². The number of halogens is 1. The van der Waals surface area contributed by atoms with Crippen molar-refractivity contribution in [3.05, 3.63) is 59.4 Å². The summed E-state index contributed by atoms with van der Waals surface area (Å²) in [6.07, 6.45) is 0.00429. The number of amides is 2. The van der Waals surface area contributed by atoms with Crippen LogP contribution in [0.2, 0.25) is 0 Å². The number of fused-ring (bicyclic) bond motifs is 1. The highest BCUT2D eigenvalue weighted by Gasteiger charge is 2.26. The Kier molecular flexibility index (Phi) is 4.00. The van der Waals surface area contributed by atoms with Gasteiger partial charge in [-0.05, 0) is 24.3 Å². The van der Waals surface area contributed by atoms with E-state index in [4.69, 9.17) is 9.47 Å². The highest BCUT2D eigenvalue weighted by atomic mass is 19.1. The van der Waals surface area contributed by atoms with Crippen molar-refractivity contribution in [1.29, 1.82) is 0 Å². The van der Waals surface area contributed by atoms with E-state index in [1.54, 1.807) is 30.3 Å². The first-order valence-corrected chi connectivity index (χ1v) is 7.93. The maximum absolute atomic E-state index is 14.0. The van der Waals surface area contributed by atoms with Crippen molar-refractivity contribution in [2.24, 2.45) is 4.99 Å². The van der Waals surface area contributed by atoms with E-state index >= 15 is 0 Å². The first-order chi connectivity index (χ1) is 12.6. The molecule has 132 valence electrons. The molecule has 1 unspecified atom stereocenters. The Morgan fingerprint density at radius 2 is 2.00 bits per heavy atom. The number of nitrogens with one attached hydrogen (secondary N) is 2. The second-order valence-electron chi connectivity index (χ2n) is 5.79. The molecule has 0 saturated heterocycles. The highest BCUT2D eigenvalue weighted by molar-refractivity contribution is 6.10. The summed E-state index contributed by atoms with van der Waals surface area (Å²) in [6, 6.07) is 10.2. The van der Waals surface area contributed by atoms with Gasteiger partial charge in [-0.25, -0.2) is 9.38 Å².